The van der Waals surface area contributed by atoms with Gasteiger partial charge >= 0.3 is 12.2 Å². The van der Waals surface area contributed by atoms with Gasteiger partial charge in [-0.25, -0.2) is 13.4 Å². The van der Waals surface area contributed by atoms with E-state index in [0.29, 0.717) is 12.5 Å². The van der Waals surface area contributed by atoms with E-state index in [1.54, 1.807) is 0 Å². The summed E-state index contributed by atoms with van der Waals surface area (Å²) in [6.07, 6.45) is -3.89. The number of nitrogens with one attached hydrogen (secondary N) is 1. The summed E-state index contributed by atoms with van der Waals surface area (Å²) in [7, 11) is -3.43. The molecule has 0 aliphatic carbocycles. The Balaban J connectivity index is 1.44. The van der Waals surface area contributed by atoms with Gasteiger partial charge < -0.3 is 24.5 Å². The second-order valence-electron chi connectivity index (χ2n) is 9.71. The molecule has 0 saturated carbocycles. The Morgan fingerprint density at radius 2 is 1.83 bits per heavy atom. The van der Waals surface area contributed by atoms with Gasteiger partial charge in [-0.2, -0.15) is 8.78 Å². The summed E-state index contributed by atoms with van der Waals surface area (Å²) >= 11 is 0. The average molecular weight is 608 g/mol. The molecule has 2 heterocycles. The minimum atomic E-state index is -3.89. The van der Waals surface area contributed by atoms with Gasteiger partial charge in [-0.1, -0.05) is 31.2 Å². The predicted molar refractivity (Wildman–Crippen MR) is 143 cm³/mol. The number of nitrogens with zero attached hydrogens (tertiary/aromatic N) is 2. The van der Waals surface area contributed by atoms with Crippen molar-refractivity contribution in [2.24, 2.45) is 0 Å². The molecule has 14 heteroatoms. The van der Waals surface area contributed by atoms with Crippen molar-refractivity contribution in [3.63, 3.8) is 0 Å². The van der Waals surface area contributed by atoms with E-state index in [-0.39, 0.29) is 50.9 Å². The number of carbonyl (C=O) groups is 1. The van der Waals surface area contributed by atoms with E-state index in [4.69, 9.17) is 0 Å². The van der Waals surface area contributed by atoms with Crippen LogP contribution in [0.25, 0.3) is 11.0 Å². The highest BCUT2D eigenvalue weighted by molar-refractivity contribution is 7.91. The van der Waals surface area contributed by atoms with E-state index in [9.17, 15) is 35.9 Å². The van der Waals surface area contributed by atoms with Gasteiger partial charge in [0, 0.05) is 18.1 Å². The lowest BCUT2D eigenvalue weighted by Crippen LogP contribution is -2.30. The van der Waals surface area contributed by atoms with E-state index in [0.717, 1.165) is 4.57 Å². The third-order valence-corrected chi connectivity index (χ3v) is 8.50. The number of carbonyl (C=O) groups excluding carboxylic acids is 1. The Kier molecular flexibility index (Phi) is 7.39. The van der Waals surface area contributed by atoms with Crippen LogP contribution in [0, 0.1) is 0 Å². The number of fused-ring (bicyclic) bond motifs is 2. The second-order valence-corrected chi connectivity index (χ2v) is 12.0. The van der Waals surface area contributed by atoms with Gasteiger partial charge in [0.15, 0.2) is 27.2 Å². The molecule has 1 aliphatic rings. The smallest absolute Gasteiger partial charge is 0.395 e. The van der Waals surface area contributed by atoms with Gasteiger partial charge in [0.2, 0.25) is 0 Å². The molecule has 1 aliphatic heterocycles. The van der Waals surface area contributed by atoms with Crippen molar-refractivity contribution in [3.05, 3.63) is 83.2 Å². The minimum Gasteiger partial charge on any atom is -0.395 e. The third-order valence-electron chi connectivity index (χ3n) is 6.75. The van der Waals surface area contributed by atoms with E-state index >= 15 is 0 Å². The molecule has 1 amide bonds. The number of ether oxygens (including phenoxy) is 2. The Morgan fingerprint density at radius 3 is 2.48 bits per heavy atom. The first-order chi connectivity index (χ1) is 19.7. The number of rotatable bonds is 9. The normalized spacial score (nSPS) is 15.1. The highest BCUT2D eigenvalue weighted by Crippen LogP contribution is 2.44. The number of aliphatic hydroxyl groups is 1. The molecular weight excluding hydrogens is 582 g/mol. The molecule has 3 aromatic carbocycles. The summed E-state index contributed by atoms with van der Waals surface area (Å²) in [4.78, 5) is 17.2. The number of hydrogen-bond acceptors (Lipinski definition) is 7. The lowest BCUT2D eigenvalue weighted by Gasteiger charge is -2.17. The molecule has 1 atom stereocenters. The maximum atomic E-state index is 14.6. The van der Waals surface area contributed by atoms with Gasteiger partial charge in [0.25, 0.3) is 5.91 Å². The molecule has 2 N–H and O–H groups in total. The lowest BCUT2D eigenvalue weighted by molar-refractivity contribution is -0.287. The van der Waals surface area contributed by atoms with E-state index < -0.39 is 46.4 Å². The minimum absolute atomic E-state index is 0.0453. The van der Waals surface area contributed by atoms with Crippen molar-refractivity contribution in [2.75, 3.05) is 12.4 Å². The van der Waals surface area contributed by atoms with Crippen LogP contribution in [0.5, 0.6) is 11.5 Å². The predicted octanol–water partition coefficient (Wildman–Crippen LogP) is 4.77. The molecule has 0 fully saturated rings. The van der Waals surface area contributed by atoms with Gasteiger partial charge in [0.05, 0.1) is 40.9 Å². The van der Waals surface area contributed by atoms with Crippen LogP contribution in [0.1, 0.15) is 47.2 Å². The maximum absolute atomic E-state index is 14.6. The van der Waals surface area contributed by atoms with Crippen LogP contribution in [0.15, 0.2) is 65.6 Å². The molecule has 0 bridgehead atoms. The third kappa shape index (κ3) is 5.63. The van der Waals surface area contributed by atoms with E-state index in [2.05, 4.69) is 19.8 Å². The number of aliphatic hydroxyl groups excluding tert-OH is 1. The van der Waals surface area contributed by atoms with Crippen LogP contribution in [-0.4, -0.2) is 47.6 Å². The average Bonchev–Trinajstić information content (AvgIpc) is 3.47. The molecule has 4 aromatic rings. The van der Waals surface area contributed by atoms with E-state index in [1.165, 1.54) is 67.6 Å². The van der Waals surface area contributed by atoms with Crippen molar-refractivity contribution in [2.45, 2.75) is 43.5 Å². The first-order valence-electron chi connectivity index (χ1n) is 12.7. The quantitative estimate of drug-likeness (QED) is 0.263. The lowest BCUT2D eigenvalue weighted by atomic mass is 10.1. The molecule has 0 saturated heterocycles. The maximum Gasteiger partial charge on any atom is 0.586 e. The molecule has 0 spiro atoms. The molecular formula is C28H25F4N3O6S. The van der Waals surface area contributed by atoms with Crippen LogP contribution in [0.4, 0.5) is 17.6 Å². The number of imidazole rings is 1. The SMILES string of the molecule is CCS(=O)(=O)c1ccc(C(CO)NC(=O)c2ccc3c(c2)nc(C(C)(F)F)n3Cc2cccc3c2OC(F)(F)O3)cc1. The van der Waals surface area contributed by atoms with Crippen molar-refractivity contribution in [3.8, 4) is 11.5 Å². The zero-order valence-electron chi connectivity index (χ0n) is 22.3. The second kappa shape index (κ2) is 10.6. The highest BCUT2D eigenvalue weighted by Gasteiger charge is 2.44. The molecule has 1 unspecified atom stereocenters. The Bertz CT molecular complexity index is 1770. The number of para-hydroxylation sites is 1. The Hall–Kier alpha value is -4.17. The molecule has 5 rings (SSSR count). The zero-order valence-corrected chi connectivity index (χ0v) is 23.1. The summed E-state index contributed by atoms with van der Waals surface area (Å²) in [6.45, 7) is 1.35. The summed E-state index contributed by atoms with van der Waals surface area (Å²) in [5.74, 6) is -5.32. The number of halogens is 4. The fourth-order valence-corrected chi connectivity index (χ4v) is 5.52. The van der Waals surface area contributed by atoms with Gasteiger partial charge in [-0.05, 0) is 42.0 Å². The Labute approximate surface area is 237 Å². The monoisotopic (exact) mass is 607 g/mol. The summed E-state index contributed by atoms with van der Waals surface area (Å²) < 4.78 is 91.0. The number of aromatic nitrogens is 2. The molecule has 0 radical (unpaired) electrons. The summed E-state index contributed by atoms with van der Waals surface area (Å²) in [6, 6.07) is 13.1. The molecule has 9 nitrogen and oxygen atoms in total. The van der Waals surface area contributed by atoms with Crippen LogP contribution in [0.3, 0.4) is 0 Å². The number of alkyl halides is 4. The summed E-state index contributed by atoms with van der Waals surface area (Å²) in [5.41, 5.74) is 0.909. The van der Waals surface area contributed by atoms with Crippen LogP contribution in [-0.2, 0) is 22.3 Å². The summed E-state index contributed by atoms with van der Waals surface area (Å²) in [5, 5.41) is 12.5. The largest absolute Gasteiger partial charge is 0.586 e. The van der Waals surface area contributed by atoms with Crippen LogP contribution < -0.4 is 14.8 Å². The fourth-order valence-electron chi connectivity index (χ4n) is 4.64. The number of benzene rings is 3. The van der Waals surface area contributed by atoms with Crippen LogP contribution >= 0.6 is 0 Å². The number of sulfone groups is 1. The number of amides is 1. The van der Waals surface area contributed by atoms with Crippen molar-refractivity contribution in [1.82, 2.24) is 14.9 Å². The first kappa shape index (κ1) is 29.3. The molecule has 42 heavy (non-hydrogen) atoms. The fraction of sp³-hybridized carbons (Fsp3) is 0.286. The van der Waals surface area contributed by atoms with E-state index in [1.807, 2.05) is 0 Å². The Morgan fingerprint density at radius 1 is 1.12 bits per heavy atom. The highest BCUT2D eigenvalue weighted by atomic mass is 32.2. The van der Waals surface area contributed by atoms with Crippen LogP contribution in [0.2, 0.25) is 0 Å². The van der Waals surface area contributed by atoms with Crippen molar-refractivity contribution in [1.29, 1.82) is 0 Å². The van der Waals surface area contributed by atoms with Gasteiger partial charge in [-0.15, -0.1) is 8.78 Å². The van der Waals surface area contributed by atoms with Crippen molar-refractivity contribution >= 4 is 26.8 Å². The standard InChI is InChI=1S/C28H25F4N3O6S/c1-3-42(38,39)19-10-7-16(8-11-19)21(15-36)33-25(37)17-9-12-22-20(13-17)34-26(27(2,29)30)35(22)14-18-5-4-6-23-24(18)41-28(31,32)40-23/h4-13,21,36H,3,14-15H2,1-2H3,(H,33,37). The molecule has 222 valence electrons. The zero-order chi connectivity index (χ0) is 30.4. The number of hydrogen-bond donors (Lipinski definition) is 2. The van der Waals surface area contributed by atoms with Gasteiger partial charge in [0.1, 0.15) is 0 Å². The van der Waals surface area contributed by atoms with Gasteiger partial charge in [-0.3, -0.25) is 4.79 Å². The molecule has 1 aromatic heterocycles. The first-order valence-corrected chi connectivity index (χ1v) is 14.4. The topological polar surface area (TPSA) is 120 Å². The van der Waals surface area contributed by atoms with Crippen molar-refractivity contribution < 1.29 is 45.4 Å².